The van der Waals surface area contributed by atoms with E-state index in [0.29, 0.717) is 0 Å². The molecule has 0 nitrogen and oxygen atoms in total. The molecule has 0 spiro atoms. The van der Waals surface area contributed by atoms with Crippen molar-refractivity contribution >= 4 is 53.9 Å². The van der Waals surface area contributed by atoms with Crippen LogP contribution in [0.2, 0.25) is 0 Å². The van der Waals surface area contributed by atoms with Gasteiger partial charge >= 0.3 is 0 Å². The SMILES string of the molecule is c1ccc(-c2c3ccccc3c(-c3ccc(-c4ccc5ccccc5c4-c4ccc(-c5c6ccccc6c(-c6ccccc6)c6ccccc56)cc4)cc3)c3ccccc23)cc1. The zero-order chi connectivity index (χ0) is 41.0. The first-order chi connectivity index (χ1) is 30.8. The second-order valence-corrected chi connectivity index (χ2v) is 16.3. The van der Waals surface area contributed by atoms with Gasteiger partial charge in [-0.05, 0) is 121 Å². The van der Waals surface area contributed by atoms with Gasteiger partial charge in [0, 0.05) is 0 Å². The van der Waals surface area contributed by atoms with Crippen molar-refractivity contribution in [3.63, 3.8) is 0 Å². The molecule has 0 aliphatic carbocycles. The van der Waals surface area contributed by atoms with Gasteiger partial charge in [-0.1, -0.05) is 243 Å². The summed E-state index contributed by atoms with van der Waals surface area (Å²) in [6, 6.07) is 89.2. The van der Waals surface area contributed by atoms with Crippen molar-refractivity contribution in [2.45, 2.75) is 0 Å². The molecule has 0 N–H and O–H groups in total. The van der Waals surface area contributed by atoms with Crippen LogP contribution in [0.4, 0.5) is 0 Å². The fourth-order valence-electron chi connectivity index (χ4n) is 10.2. The fraction of sp³-hybridized carbons (Fsp3) is 0. The highest BCUT2D eigenvalue weighted by Gasteiger charge is 2.19. The van der Waals surface area contributed by atoms with E-state index in [9.17, 15) is 0 Å². The molecule has 0 unspecified atom stereocenters. The van der Waals surface area contributed by atoms with Crippen LogP contribution in [-0.4, -0.2) is 0 Å². The smallest absolute Gasteiger partial charge is 0.00264 e. The summed E-state index contributed by atoms with van der Waals surface area (Å²) in [5.41, 5.74) is 14.9. The first-order valence-corrected chi connectivity index (χ1v) is 21.5. The lowest BCUT2D eigenvalue weighted by Crippen LogP contribution is -1.92. The van der Waals surface area contributed by atoms with Gasteiger partial charge in [0.15, 0.2) is 0 Å². The Kier molecular flexibility index (Phi) is 8.61. The number of rotatable bonds is 6. The Hall–Kier alpha value is -8.06. The van der Waals surface area contributed by atoms with Crippen molar-refractivity contribution in [2.24, 2.45) is 0 Å². The minimum atomic E-state index is 1.20. The van der Waals surface area contributed by atoms with E-state index in [1.54, 1.807) is 0 Å². The second kappa shape index (κ2) is 14.9. The van der Waals surface area contributed by atoms with Crippen molar-refractivity contribution < 1.29 is 0 Å². The molecule has 62 heavy (non-hydrogen) atoms. The molecule has 0 atom stereocenters. The van der Waals surface area contributed by atoms with Gasteiger partial charge in [0.25, 0.3) is 0 Å². The quantitative estimate of drug-likeness (QED) is 0.147. The molecule has 0 saturated carbocycles. The van der Waals surface area contributed by atoms with Gasteiger partial charge in [-0.25, -0.2) is 0 Å². The standard InChI is InChI=1S/C62H40/c1-3-18-43(19-4-1)59-50-23-9-13-27-54(50)61(55-28-14-10-24-51(55)59)46-33-31-42(32-34-46)49-40-39-41-17-7-8-22-48(41)58(49)45-35-37-47(38-36-45)62-56-29-15-11-25-52(56)60(44-20-5-2-6-21-44)53-26-12-16-30-57(53)62/h1-40H. The molecule has 12 rings (SSSR count). The van der Waals surface area contributed by atoms with Crippen LogP contribution in [0.5, 0.6) is 0 Å². The molecule has 0 fully saturated rings. The maximum absolute atomic E-state index is 2.33. The predicted octanol–water partition coefficient (Wildman–Crippen LogP) is 17.5. The van der Waals surface area contributed by atoms with E-state index in [1.807, 2.05) is 0 Å². The van der Waals surface area contributed by atoms with Gasteiger partial charge in [0.05, 0.1) is 0 Å². The number of hydrogen-bond donors (Lipinski definition) is 0. The highest BCUT2D eigenvalue weighted by Crippen LogP contribution is 2.47. The lowest BCUT2D eigenvalue weighted by Gasteiger charge is -2.19. The first kappa shape index (κ1) is 35.8. The Labute approximate surface area is 361 Å². The van der Waals surface area contributed by atoms with Crippen LogP contribution in [-0.2, 0) is 0 Å². The minimum Gasteiger partial charge on any atom is -0.0622 e. The number of fused-ring (bicyclic) bond motifs is 5. The van der Waals surface area contributed by atoms with Crippen molar-refractivity contribution in [3.05, 3.63) is 243 Å². The summed E-state index contributed by atoms with van der Waals surface area (Å²) < 4.78 is 0. The molecule has 0 aliphatic rings. The normalized spacial score (nSPS) is 11.5. The highest BCUT2D eigenvalue weighted by atomic mass is 14.2. The zero-order valence-electron chi connectivity index (χ0n) is 34.1. The molecule has 0 aliphatic heterocycles. The van der Waals surface area contributed by atoms with E-state index < -0.39 is 0 Å². The monoisotopic (exact) mass is 784 g/mol. The average molecular weight is 785 g/mol. The van der Waals surface area contributed by atoms with Gasteiger partial charge in [-0.2, -0.15) is 0 Å². The second-order valence-electron chi connectivity index (χ2n) is 16.3. The van der Waals surface area contributed by atoms with E-state index in [1.165, 1.54) is 121 Å². The Bertz CT molecular complexity index is 3520. The van der Waals surface area contributed by atoms with Gasteiger partial charge in [-0.15, -0.1) is 0 Å². The van der Waals surface area contributed by atoms with Crippen LogP contribution in [0, 0.1) is 0 Å². The van der Waals surface area contributed by atoms with E-state index >= 15 is 0 Å². The van der Waals surface area contributed by atoms with Crippen LogP contribution in [0.25, 0.3) is 121 Å². The summed E-state index contributed by atoms with van der Waals surface area (Å²) in [7, 11) is 0. The third kappa shape index (κ3) is 5.84. The molecule has 288 valence electrons. The third-order valence-corrected chi connectivity index (χ3v) is 12.9. The van der Waals surface area contributed by atoms with Crippen molar-refractivity contribution in [1.82, 2.24) is 0 Å². The lowest BCUT2D eigenvalue weighted by molar-refractivity contribution is 1.60. The fourth-order valence-corrected chi connectivity index (χ4v) is 10.2. The number of benzene rings is 12. The van der Waals surface area contributed by atoms with Gasteiger partial charge in [-0.3, -0.25) is 0 Å². The Morgan fingerprint density at radius 1 is 0.145 bits per heavy atom. The maximum Gasteiger partial charge on any atom is -0.00264 e. The third-order valence-electron chi connectivity index (χ3n) is 12.9. The summed E-state index contributed by atoms with van der Waals surface area (Å²) in [6.45, 7) is 0. The summed E-state index contributed by atoms with van der Waals surface area (Å²) in [5, 5.41) is 12.6. The Balaban J connectivity index is 0.999. The van der Waals surface area contributed by atoms with Gasteiger partial charge in [0.2, 0.25) is 0 Å². The van der Waals surface area contributed by atoms with Gasteiger partial charge in [0.1, 0.15) is 0 Å². The largest absolute Gasteiger partial charge is 0.0622 e. The molecule has 12 aromatic rings. The van der Waals surface area contributed by atoms with Crippen molar-refractivity contribution in [3.8, 4) is 66.8 Å². The van der Waals surface area contributed by atoms with E-state index in [0.717, 1.165) is 0 Å². The average Bonchev–Trinajstić information content (AvgIpc) is 3.35. The summed E-state index contributed by atoms with van der Waals surface area (Å²) >= 11 is 0. The molecule has 0 bridgehead atoms. The first-order valence-electron chi connectivity index (χ1n) is 21.5. The van der Waals surface area contributed by atoms with Crippen LogP contribution >= 0.6 is 0 Å². The molecule has 0 heterocycles. The number of hydrogen-bond acceptors (Lipinski definition) is 0. The minimum absolute atomic E-state index is 1.20. The van der Waals surface area contributed by atoms with Gasteiger partial charge < -0.3 is 0 Å². The maximum atomic E-state index is 2.33. The topological polar surface area (TPSA) is 0 Å². The zero-order valence-corrected chi connectivity index (χ0v) is 34.1. The highest BCUT2D eigenvalue weighted by molar-refractivity contribution is 6.23. The molecular weight excluding hydrogens is 745 g/mol. The summed E-state index contributed by atoms with van der Waals surface area (Å²) in [5.74, 6) is 0. The van der Waals surface area contributed by atoms with Crippen LogP contribution in [0.3, 0.4) is 0 Å². The molecule has 0 radical (unpaired) electrons. The molecule has 12 aromatic carbocycles. The molecule has 0 aromatic heterocycles. The molecule has 0 heteroatoms. The molecular formula is C62H40. The van der Waals surface area contributed by atoms with Crippen LogP contribution in [0.1, 0.15) is 0 Å². The van der Waals surface area contributed by atoms with Crippen LogP contribution in [0.15, 0.2) is 243 Å². The van der Waals surface area contributed by atoms with Crippen LogP contribution < -0.4 is 0 Å². The molecule has 0 amide bonds. The van der Waals surface area contributed by atoms with E-state index in [2.05, 4.69) is 243 Å². The summed E-state index contributed by atoms with van der Waals surface area (Å²) in [6.07, 6.45) is 0. The summed E-state index contributed by atoms with van der Waals surface area (Å²) in [4.78, 5) is 0. The van der Waals surface area contributed by atoms with Crippen molar-refractivity contribution in [2.75, 3.05) is 0 Å². The van der Waals surface area contributed by atoms with Crippen molar-refractivity contribution in [1.29, 1.82) is 0 Å². The lowest BCUT2D eigenvalue weighted by atomic mass is 9.84. The Morgan fingerprint density at radius 2 is 0.403 bits per heavy atom. The Morgan fingerprint density at radius 3 is 0.758 bits per heavy atom. The molecule has 0 saturated heterocycles. The van der Waals surface area contributed by atoms with E-state index in [-0.39, 0.29) is 0 Å². The van der Waals surface area contributed by atoms with E-state index in [4.69, 9.17) is 0 Å². The predicted molar refractivity (Wildman–Crippen MR) is 267 cm³/mol.